The Morgan fingerprint density at radius 3 is 2.67 bits per heavy atom. The van der Waals surface area contributed by atoms with Gasteiger partial charge in [0.15, 0.2) is 0 Å². The van der Waals surface area contributed by atoms with Crippen LogP contribution >= 0.6 is 0 Å². The number of hydrogen-bond donors (Lipinski definition) is 3. The molecule has 3 rings (SSSR count). The molecule has 2 aliphatic rings. The van der Waals surface area contributed by atoms with Gasteiger partial charge in [-0.1, -0.05) is 31.4 Å². The van der Waals surface area contributed by atoms with Crippen LogP contribution in [0.3, 0.4) is 0 Å². The highest BCUT2D eigenvalue weighted by Crippen LogP contribution is 2.20. The van der Waals surface area contributed by atoms with Gasteiger partial charge in [-0.15, -0.1) is 0 Å². The van der Waals surface area contributed by atoms with Gasteiger partial charge < -0.3 is 16.0 Å². The van der Waals surface area contributed by atoms with E-state index < -0.39 is 6.04 Å². The molecule has 0 saturated heterocycles. The molecule has 0 spiro atoms. The van der Waals surface area contributed by atoms with Gasteiger partial charge in [-0.3, -0.25) is 14.4 Å². The quantitative estimate of drug-likeness (QED) is 0.789. The van der Waals surface area contributed by atoms with Crippen molar-refractivity contribution in [3.63, 3.8) is 0 Å². The molecular formula is C18H23N3O3. The molecule has 1 fully saturated rings. The lowest BCUT2D eigenvalue weighted by Crippen LogP contribution is -2.43. The minimum Gasteiger partial charge on any atom is -0.353 e. The predicted octanol–water partition coefficient (Wildman–Crippen LogP) is 1.97. The molecule has 0 bridgehead atoms. The van der Waals surface area contributed by atoms with Gasteiger partial charge in [-0.05, 0) is 31.4 Å². The maximum Gasteiger partial charge on any atom is 0.254 e. The van der Waals surface area contributed by atoms with E-state index >= 15 is 0 Å². The van der Waals surface area contributed by atoms with Gasteiger partial charge in [0.1, 0.15) is 6.04 Å². The molecule has 0 aromatic heterocycles. The molecule has 1 aliphatic carbocycles. The normalized spacial score (nSPS) is 21.2. The summed E-state index contributed by atoms with van der Waals surface area (Å²) in [5.41, 5.74) is 0.953. The van der Waals surface area contributed by atoms with Crippen molar-refractivity contribution in [2.75, 3.05) is 5.32 Å². The van der Waals surface area contributed by atoms with Crippen molar-refractivity contribution in [1.29, 1.82) is 0 Å². The Morgan fingerprint density at radius 2 is 1.88 bits per heavy atom. The second-order valence-electron chi connectivity index (χ2n) is 6.50. The summed E-state index contributed by atoms with van der Waals surface area (Å²) in [4.78, 5) is 36.6. The number of amides is 3. The van der Waals surface area contributed by atoms with Crippen LogP contribution < -0.4 is 16.0 Å². The fourth-order valence-electron chi connectivity index (χ4n) is 3.34. The average molecular weight is 329 g/mol. The lowest BCUT2D eigenvalue weighted by atomic mass is 9.95. The summed E-state index contributed by atoms with van der Waals surface area (Å²) in [6.07, 6.45) is 6.13. The summed E-state index contributed by atoms with van der Waals surface area (Å²) in [6.45, 7) is 0. The van der Waals surface area contributed by atoms with Gasteiger partial charge in [-0.2, -0.15) is 0 Å². The Balaban J connectivity index is 1.54. The first-order chi connectivity index (χ1) is 11.6. The van der Waals surface area contributed by atoms with E-state index in [-0.39, 0.29) is 30.2 Å². The standard InChI is InChI=1S/C18H23N3O3/c22-16(19-12-6-2-1-3-7-12)11-10-15-18(24)20-14-9-5-4-8-13(14)17(23)21-15/h4-5,8-9,12,15H,1-3,6-7,10-11H2,(H,19,22)(H,20,24)(H,21,23)/t15-/m0/s1. The van der Waals surface area contributed by atoms with E-state index in [0.29, 0.717) is 17.7 Å². The van der Waals surface area contributed by atoms with Gasteiger partial charge in [0.2, 0.25) is 11.8 Å². The summed E-state index contributed by atoms with van der Waals surface area (Å²) in [6, 6.07) is 6.45. The van der Waals surface area contributed by atoms with Gasteiger partial charge in [0, 0.05) is 12.5 Å². The fraction of sp³-hybridized carbons (Fsp3) is 0.500. The van der Waals surface area contributed by atoms with E-state index in [0.717, 1.165) is 25.7 Å². The largest absolute Gasteiger partial charge is 0.353 e. The molecule has 1 saturated carbocycles. The molecule has 3 N–H and O–H groups in total. The SMILES string of the molecule is O=C(CC[C@@H]1NC(=O)c2ccccc2NC1=O)NC1CCCCC1. The van der Waals surface area contributed by atoms with Crippen molar-refractivity contribution in [3.05, 3.63) is 29.8 Å². The molecule has 6 heteroatoms. The van der Waals surface area contributed by atoms with Crippen LogP contribution in [0.1, 0.15) is 55.3 Å². The Hall–Kier alpha value is -2.37. The highest BCUT2D eigenvalue weighted by Gasteiger charge is 2.28. The van der Waals surface area contributed by atoms with Crippen molar-refractivity contribution in [1.82, 2.24) is 10.6 Å². The van der Waals surface area contributed by atoms with E-state index in [1.807, 2.05) is 0 Å². The number of fused-ring (bicyclic) bond motifs is 1. The number of hydrogen-bond acceptors (Lipinski definition) is 3. The zero-order chi connectivity index (χ0) is 16.9. The van der Waals surface area contributed by atoms with Crippen LogP contribution in [0, 0.1) is 0 Å². The lowest BCUT2D eigenvalue weighted by molar-refractivity contribution is -0.122. The van der Waals surface area contributed by atoms with Crippen LogP contribution in [0.25, 0.3) is 0 Å². The molecule has 128 valence electrons. The summed E-state index contributed by atoms with van der Waals surface area (Å²) in [5.74, 6) is -0.619. The fourth-order valence-corrected chi connectivity index (χ4v) is 3.34. The predicted molar refractivity (Wildman–Crippen MR) is 90.6 cm³/mol. The Bertz CT molecular complexity index is 638. The maximum absolute atomic E-state index is 12.3. The number of carbonyl (C=O) groups excluding carboxylic acids is 3. The second kappa shape index (κ2) is 7.47. The highest BCUT2D eigenvalue weighted by molar-refractivity contribution is 6.09. The smallest absolute Gasteiger partial charge is 0.254 e. The lowest BCUT2D eigenvalue weighted by Gasteiger charge is -2.23. The van der Waals surface area contributed by atoms with E-state index in [2.05, 4.69) is 16.0 Å². The number of nitrogens with one attached hydrogen (secondary N) is 3. The molecule has 3 amide bonds. The zero-order valence-electron chi connectivity index (χ0n) is 13.6. The first-order valence-electron chi connectivity index (χ1n) is 8.63. The molecule has 0 radical (unpaired) electrons. The number of para-hydroxylation sites is 1. The summed E-state index contributed by atoms with van der Waals surface area (Å²) < 4.78 is 0. The van der Waals surface area contributed by atoms with Crippen LogP contribution in [0.5, 0.6) is 0 Å². The van der Waals surface area contributed by atoms with Crippen molar-refractivity contribution < 1.29 is 14.4 Å². The van der Waals surface area contributed by atoms with E-state index in [9.17, 15) is 14.4 Å². The minimum atomic E-state index is -0.693. The zero-order valence-corrected chi connectivity index (χ0v) is 13.6. The van der Waals surface area contributed by atoms with Crippen LogP contribution in [0.4, 0.5) is 5.69 Å². The van der Waals surface area contributed by atoms with Crippen LogP contribution in [-0.2, 0) is 9.59 Å². The van der Waals surface area contributed by atoms with Crippen LogP contribution in [0.15, 0.2) is 24.3 Å². The molecule has 0 unspecified atom stereocenters. The average Bonchev–Trinajstić information content (AvgIpc) is 2.71. The van der Waals surface area contributed by atoms with Crippen molar-refractivity contribution in [3.8, 4) is 0 Å². The first kappa shape index (κ1) is 16.5. The monoisotopic (exact) mass is 329 g/mol. The van der Waals surface area contributed by atoms with Crippen molar-refractivity contribution >= 4 is 23.4 Å². The van der Waals surface area contributed by atoms with E-state index in [4.69, 9.17) is 0 Å². The van der Waals surface area contributed by atoms with E-state index in [1.165, 1.54) is 6.42 Å². The molecule has 1 aromatic carbocycles. The summed E-state index contributed by atoms with van der Waals surface area (Å²) in [7, 11) is 0. The Kier molecular flexibility index (Phi) is 5.13. The summed E-state index contributed by atoms with van der Waals surface area (Å²) >= 11 is 0. The van der Waals surface area contributed by atoms with Crippen LogP contribution in [-0.4, -0.2) is 29.8 Å². The molecular weight excluding hydrogens is 306 g/mol. The van der Waals surface area contributed by atoms with Crippen molar-refractivity contribution in [2.24, 2.45) is 0 Å². The number of anilines is 1. The maximum atomic E-state index is 12.3. The number of rotatable bonds is 4. The molecule has 6 nitrogen and oxygen atoms in total. The van der Waals surface area contributed by atoms with Gasteiger partial charge in [0.05, 0.1) is 11.3 Å². The third kappa shape index (κ3) is 3.93. The van der Waals surface area contributed by atoms with Crippen molar-refractivity contribution in [2.45, 2.75) is 57.0 Å². The molecule has 24 heavy (non-hydrogen) atoms. The first-order valence-corrected chi connectivity index (χ1v) is 8.63. The summed E-state index contributed by atoms with van der Waals surface area (Å²) in [5, 5.41) is 8.50. The van der Waals surface area contributed by atoms with E-state index in [1.54, 1.807) is 24.3 Å². The van der Waals surface area contributed by atoms with Crippen LogP contribution in [0.2, 0.25) is 0 Å². The minimum absolute atomic E-state index is 0.0503. The number of carbonyl (C=O) groups is 3. The molecule has 1 heterocycles. The Labute approximate surface area is 141 Å². The molecule has 1 aromatic rings. The third-order valence-electron chi connectivity index (χ3n) is 4.68. The highest BCUT2D eigenvalue weighted by atomic mass is 16.2. The van der Waals surface area contributed by atoms with Gasteiger partial charge >= 0.3 is 0 Å². The second-order valence-corrected chi connectivity index (χ2v) is 6.50. The van der Waals surface area contributed by atoms with Gasteiger partial charge in [0.25, 0.3) is 5.91 Å². The molecule has 1 aliphatic heterocycles. The topological polar surface area (TPSA) is 87.3 Å². The number of benzene rings is 1. The molecule has 1 atom stereocenters. The Morgan fingerprint density at radius 1 is 1.12 bits per heavy atom. The van der Waals surface area contributed by atoms with Gasteiger partial charge in [-0.25, -0.2) is 0 Å². The third-order valence-corrected chi connectivity index (χ3v) is 4.68.